The zero-order valence-electron chi connectivity index (χ0n) is 39.7. The van der Waals surface area contributed by atoms with Gasteiger partial charge >= 0.3 is 28.3 Å². The van der Waals surface area contributed by atoms with Crippen LogP contribution in [0.15, 0.2) is 237 Å². The molecule has 0 bridgehead atoms. The van der Waals surface area contributed by atoms with E-state index in [4.69, 9.17) is 14.5 Å². The van der Waals surface area contributed by atoms with Crippen LogP contribution in [0.5, 0.6) is 23.1 Å². The molecule has 342 valence electrons. The molecule has 4 aliphatic heterocycles. The summed E-state index contributed by atoms with van der Waals surface area (Å²) in [7, 11) is 0. The Morgan fingerprint density at radius 3 is 1.22 bits per heavy atom. The highest BCUT2D eigenvalue weighted by Gasteiger charge is 2.49. The first kappa shape index (κ1) is 40.8. The van der Waals surface area contributed by atoms with Crippen molar-refractivity contribution in [1.82, 2.24) is 14.1 Å². The van der Waals surface area contributed by atoms with Crippen molar-refractivity contribution in [3.05, 3.63) is 237 Å². The van der Waals surface area contributed by atoms with Gasteiger partial charge in [-0.25, -0.2) is 4.98 Å². The van der Waals surface area contributed by atoms with Crippen molar-refractivity contribution >= 4 is 133 Å². The Morgan fingerprint density at radius 2 is 0.716 bits per heavy atom. The summed E-state index contributed by atoms with van der Waals surface area (Å²) in [4.78, 5) is 10.7. The molecule has 3 aromatic heterocycles. The molecule has 0 saturated heterocycles. The normalized spacial score (nSPS) is 13.5. The van der Waals surface area contributed by atoms with E-state index >= 15 is 0 Å². The van der Waals surface area contributed by atoms with Gasteiger partial charge in [0, 0.05) is 72.4 Å². The van der Waals surface area contributed by atoms with Crippen LogP contribution in [0.4, 0.5) is 34.1 Å². The van der Waals surface area contributed by atoms with Gasteiger partial charge in [-0.15, -0.1) is 0 Å². The number of anilines is 6. The van der Waals surface area contributed by atoms with Crippen molar-refractivity contribution < 1.29 is 9.47 Å². The van der Waals surface area contributed by atoms with E-state index < -0.39 is 28.3 Å². The fourth-order valence-electron chi connectivity index (χ4n) is 13.0. The number of hydrogen-bond donors (Lipinski definition) is 0. The lowest BCUT2D eigenvalue weighted by Crippen LogP contribution is -2.63. The predicted molar refractivity (Wildman–Crippen MR) is 305 cm³/mol. The molecule has 0 fully saturated rings. The molecule has 4 aliphatic rings. The van der Waals surface area contributed by atoms with E-state index in [1.807, 2.05) is 0 Å². The Balaban J connectivity index is 0.921. The molecule has 13 aromatic rings. The molecule has 0 saturated carbocycles. The van der Waals surface area contributed by atoms with Crippen LogP contribution in [0.25, 0.3) is 55.0 Å². The van der Waals surface area contributed by atoms with Crippen molar-refractivity contribution in [2.45, 2.75) is 0 Å². The Morgan fingerprint density at radius 1 is 0.311 bits per heavy atom. The Bertz CT molecular complexity index is 4150. The molecular formula is C65H39Al2N5O2. The Labute approximate surface area is 434 Å². The van der Waals surface area contributed by atoms with E-state index in [1.165, 1.54) is 50.6 Å². The predicted octanol–water partition coefficient (Wildman–Crippen LogP) is 12.1. The quantitative estimate of drug-likeness (QED) is 0.165. The molecular weight excluding hydrogens is 937 g/mol. The first-order valence-electron chi connectivity index (χ1n) is 25.4. The Hall–Kier alpha value is -8.79. The van der Waals surface area contributed by atoms with Gasteiger partial charge in [0.05, 0.1) is 33.4 Å². The third-order valence-electron chi connectivity index (χ3n) is 16.0. The molecule has 7 nitrogen and oxygen atoms in total. The summed E-state index contributed by atoms with van der Waals surface area (Å²) in [5.41, 5.74) is 13.5. The Kier molecular flexibility index (Phi) is 8.47. The van der Waals surface area contributed by atoms with Crippen LogP contribution in [-0.2, 0) is 0 Å². The van der Waals surface area contributed by atoms with Gasteiger partial charge in [-0.2, -0.15) is 0 Å². The number of fused-ring (bicyclic) bond motifs is 14. The lowest BCUT2D eigenvalue weighted by Gasteiger charge is -2.41. The van der Waals surface area contributed by atoms with E-state index in [2.05, 4.69) is 256 Å². The van der Waals surface area contributed by atoms with Gasteiger partial charge in [0.25, 0.3) is 0 Å². The first-order chi connectivity index (χ1) is 36.7. The van der Waals surface area contributed by atoms with Gasteiger partial charge in [0.2, 0.25) is 5.88 Å². The minimum Gasteiger partial charge on any atom is -0.458 e. The number of para-hydroxylation sites is 8. The average molecular weight is 976 g/mol. The molecule has 9 heteroatoms. The fourth-order valence-corrected chi connectivity index (χ4v) is 19.8. The minimum atomic E-state index is -2.36. The molecule has 0 radical (unpaired) electrons. The third-order valence-corrected chi connectivity index (χ3v) is 22.5. The highest BCUT2D eigenvalue weighted by molar-refractivity contribution is 7.00. The van der Waals surface area contributed by atoms with Crippen LogP contribution in [0, 0.1) is 0 Å². The molecule has 0 unspecified atom stereocenters. The number of aromatic nitrogens is 3. The van der Waals surface area contributed by atoms with Crippen molar-refractivity contribution in [2.75, 3.05) is 9.80 Å². The van der Waals surface area contributed by atoms with Gasteiger partial charge in [-0.05, 0) is 92.1 Å². The van der Waals surface area contributed by atoms with E-state index in [9.17, 15) is 0 Å². The molecule has 0 aliphatic carbocycles. The molecule has 10 aromatic carbocycles. The maximum atomic E-state index is 7.49. The summed E-state index contributed by atoms with van der Waals surface area (Å²) < 4.78 is 27.0. The maximum absolute atomic E-state index is 7.49. The van der Waals surface area contributed by atoms with Crippen molar-refractivity contribution in [2.24, 2.45) is 0 Å². The van der Waals surface area contributed by atoms with Crippen LogP contribution < -0.4 is 46.0 Å². The highest BCUT2D eigenvalue weighted by Crippen LogP contribution is 2.46. The number of ether oxygens (including phenoxy) is 2. The lowest BCUT2D eigenvalue weighted by molar-refractivity contribution is 0.458. The monoisotopic (exact) mass is 975 g/mol. The molecule has 0 atom stereocenters. The number of hydrogen-bond acceptors (Lipinski definition) is 5. The second-order valence-corrected chi connectivity index (χ2v) is 25.1. The van der Waals surface area contributed by atoms with Gasteiger partial charge in [0.15, 0.2) is 0 Å². The lowest BCUT2D eigenvalue weighted by atomic mass is 10.1. The summed E-state index contributed by atoms with van der Waals surface area (Å²) in [5.74, 6) is 3.26. The summed E-state index contributed by atoms with van der Waals surface area (Å²) in [6.45, 7) is 0. The van der Waals surface area contributed by atoms with Crippen LogP contribution in [0.3, 0.4) is 0 Å². The highest BCUT2D eigenvalue weighted by atomic mass is 27.2. The second-order valence-electron chi connectivity index (χ2n) is 19.8. The molecule has 74 heavy (non-hydrogen) atoms. The SMILES string of the molecule is c1ccc(N2c3cccc[c]3[Al]3[c]4cc5[c](nc4Oc4cc(-n6c7ccccc7c7ccccc76)cc2[c]43)[Al]2[c]3ccccc3N(c3ccccc3)c3cc(-n4c6ccccc6c6ccccc64)cc([c]32)O5)cc1. The molecule has 0 N–H and O–H groups in total. The summed E-state index contributed by atoms with van der Waals surface area (Å²) in [5, 5.41) is 4.88. The van der Waals surface area contributed by atoms with Crippen LogP contribution in [0.2, 0.25) is 0 Å². The van der Waals surface area contributed by atoms with Crippen molar-refractivity contribution in [3.8, 4) is 34.5 Å². The van der Waals surface area contributed by atoms with Crippen LogP contribution in [0.1, 0.15) is 0 Å². The number of nitrogens with zero attached hydrogens (tertiary/aromatic N) is 5. The fraction of sp³-hybridized carbons (Fsp3) is 0. The molecule has 0 spiro atoms. The average Bonchev–Trinajstić information content (AvgIpc) is 3.98. The van der Waals surface area contributed by atoms with Crippen LogP contribution >= 0.6 is 0 Å². The smallest absolute Gasteiger partial charge is 0.430 e. The standard InChI is InChI=1S/C65H39N5O2.2Al/c1-5-21-46(22-6-1)67(47-23-7-2-8-24-47)50-39-52(69-61-33-17-13-29-57(61)58-30-14-18-34-62(58)69)43-55(41-50)71-54-37-38-65(66-45-54)72-56-42-51(68(48-25-9-3-10-26-48)49-27-11-4-12-28-49)40-53(44-56)70-63-35-19-15-31-59(63)60-32-16-20-36-64(60)70;;/h1-23,25-27,29-37,39-40,43-44H;;. The summed E-state index contributed by atoms with van der Waals surface area (Å²) in [6.07, 6.45) is 0. The zero-order chi connectivity index (χ0) is 48.2. The number of pyridine rings is 1. The van der Waals surface area contributed by atoms with E-state index in [1.54, 1.807) is 0 Å². The maximum Gasteiger partial charge on any atom is 0.430 e. The van der Waals surface area contributed by atoms with Gasteiger partial charge in [0.1, 0.15) is 17.2 Å². The molecule has 0 amide bonds. The topological polar surface area (TPSA) is 47.7 Å². The van der Waals surface area contributed by atoms with Gasteiger partial charge < -0.3 is 28.4 Å². The second kappa shape index (κ2) is 15.4. The summed E-state index contributed by atoms with van der Waals surface area (Å²) >= 11 is -4.67. The molecule has 7 heterocycles. The minimum absolute atomic E-state index is 0.687. The largest absolute Gasteiger partial charge is 0.458 e. The first-order valence-corrected chi connectivity index (χ1v) is 28.8. The van der Waals surface area contributed by atoms with E-state index in [0.717, 1.165) is 82.4 Å². The van der Waals surface area contributed by atoms with E-state index in [0.29, 0.717) is 5.88 Å². The number of benzene rings is 10. The number of rotatable bonds is 4. The third kappa shape index (κ3) is 5.59. The van der Waals surface area contributed by atoms with Crippen molar-refractivity contribution in [1.29, 1.82) is 0 Å². The van der Waals surface area contributed by atoms with Gasteiger partial charge in [-0.3, -0.25) is 0 Å². The van der Waals surface area contributed by atoms with Gasteiger partial charge in [-0.1, -0.05) is 154 Å². The molecule has 17 rings (SSSR count). The zero-order valence-corrected chi connectivity index (χ0v) is 42.0. The van der Waals surface area contributed by atoms with Crippen molar-refractivity contribution in [3.63, 3.8) is 0 Å². The summed E-state index contributed by atoms with van der Waals surface area (Å²) in [6, 6.07) is 86.2. The van der Waals surface area contributed by atoms with Crippen LogP contribution in [-0.4, -0.2) is 42.4 Å². The van der Waals surface area contributed by atoms with E-state index in [-0.39, 0.29) is 0 Å².